The number of hydrogen-bond donors (Lipinski definition) is 2. The number of hydrogen-bond acceptors (Lipinski definition) is 1. The Morgan fingerprint density at radius 1 is 1.45 bits per heavy atom. The maximum atomic E-state index is 5.29. The molecule has 0 radical (unpaired) electrons. The normalized spacial score (nSPS) is 28.4. The van der Waals surface area contributed by atoms with Crippen molar-refractivity contribution in [3.05, 3.63) is 0 Å². The van der Waals surface area contributed by atoms with Gasteiger partial charge in [-0.1, -0.05) is 13.8 Å². The molecule has 0 heterocycles. The van der Waals surface area contributed by atoms with E-state index in [0.717, 1.165) is 12.8 Å². The minimum atomic E-state index is 0.229. The van der Waals surface area contributed by atoms with E-state index < -0.39 is 0 Å². The van der Waals surface area contributed by atoms with E-state index in [1.54, 1.807) is 0 Å². The maximum absolute atomic E-state index is 5.29. The molecule has 0 aliphatic heterocycles. The molecule has 3 heteroatoms. The molecule has 1 aliphatic carbocycles. The van der Waals surface area contributed by atoms with Gasteiger partial charge >= 0.3 is 0 Å². The fourth-order valence-corrected chi connectivity index (χ4v) is 1.72. The highest BCUT2D eigenvalue weighted by Gasteiger charge is 2.30. The van der Waals surface area contributed by atoms with Gasteiger partial charge in [0.25, 0.3) is 0 Å². The Hall–Kier alpha value is -0.730. The lowest BCUT2D eigenvalue weighted by Gasteiger charge is -2.15. The molecule has 0 bridgehead atoms. The third-order valence-electron chi connectivity index (χ3n) is 2.27. The highest BCUT2D eigenvalue weighted by molar-refractivity contribution is 5.75. The van der Waals surface area contributed by atoms with E-state index in [0.29, 0.717) is 11.5 Å². The number of nitrogens with zero attached hydrogens (tertiary/aromatic N) is 1. The van der Waals surface area contributed by atoms with Crippen LogP contribution in [0.1, 0.15) is 33.1 Å². The zero-order chi connectivity index (χ0) is 8.48. The summed E-state index contributed by atoms with van der Waals surface area (Å²) in [5.41, 5.74) is 11.0. The van der Waals surface area contributed by atoms with Crippen molar-refractivity contribution in [2.45, 2.75) is 39.2 Å². The summed E-state index contributed by atoms with van der Waals surface area (Å²) in [6.07, 6.45) is 3.48. The molecule has 1 atom stereocenters. The van der Waals surface area contributed by atoms with E-state index in [2.05, 4.69) is 18.8 Å². The maximum Gasteiger partial charge on any atom is 0.186 e. The van der Waals surface area contributed by atoms with Crippen LogP contribution in [-0.2, 0) is 0 Å². The summed E-state index contributed by atoms with van der Waals surface area (Å²) in [7, 11) is 0. The predicted octanol–water partition coefficient (Wildman–Crippen LogP) is 0.839. The van der Waals surface area contributed by atoms with E-state index in [1.807, 2.05) is 0 Å². The van der Waals surface area contributed by atoms with Gasteiger partial charge in [-0.25, -0.2) is 0 Å². The molecule has 4 N–H and O–H groups in total. The second kappa shape index (κ2) is 2.72. The summed E-state index contributed by atoms with van der Waals surface area (Å²) >= 11 is 0. The zero-order valence-electron chi connectivity index (χ0n) is 7.30. The zero-order valence-corrected chi connectivity index (χ0v) is 7.30. The molecule has 3 nitrogen and oxygen atoms in total. The van der Waals surface area contributed by atoms with Crippen LogP contribution in [0.25, 0.3) is 0 Å². The van der Waals surface area contributed by atoms with Gasteiger partial charge in [-0.05, 0) is 24.7 Å². The molecule has 0 aromatic rings. The van der Waals surface area contributed by atoms with Crippen molar-refractivity contribution in [1.82, 2.24) is 0 Å². The first-order chi connectivity index (χ1) is 4.99. The number of guanidine groups is 1. The summed E-state index contributed by atoms with van der Waals surface area (Å²) in [5.74, 6) is 0.229. The van der Waals surface area contributed by atoms with Crippen LogP contribution in [0.4, 0.5) is 0 Å². The number of rotatable bonds is 1. The van der Waals surface area contributed by atoms with Gasteiger partial charge in [0.15, 0.2) is 5.96 Å². The molecule has 0 aromatic carbocycles. The van der Waals surface area contributed by atoms with Gasteiger partial charge in [0.2, 0.25) is 0 Å². The molecule has 11 heavy (non-hydrogen) atoms. The quantitative estimate of drug-likeness (QED) is 0.435. The van der Waals surface area contributed by atoms with Crippen LogP contribution in [0, 0.1) is 5.41 Å². The Balaban J connectivity index is 2.49. The van der Waals surface area contributed by atoms with E-state index in [1.165, 1.54) is 6.42 Å². The summed E-state index contributed by atoms with van der Waals surface area (Å²) in [6.45, 7) is 4.52. The molecule has 1 fully saturated rings. The Labute approximate surface area is 67.9 Å². The van der Waals surface area contributed by atoms with Crippen LogP contribution in [0.2, 0.25) is 0 Å². The van der Waals surface area contributed by atoms with Gasteiger partial charge in [-0.3, -0.25) is 4.99 Å². The lowest BCUT2D eigenvalue weighted by molar-refractivity contribution is 0.376. The highest BCUT2D eigenvalue weighted by atomic mass is 15.0. The molecule has 1 rings (SSSR count). The minimum absolute atomic E-state index is 0.229. The summed E-state index contributed by atoms with van der Waals surface area (Å²) < 4.78 is 0. The number of aliphatic imine (C=N–C) groups is 1. The van der Waals surface area contributed by atoms with Crippen LogP contribution in [-0.4, -0.2) is 12.0 Å². The summed E-state index contributed by atoms with van der Waals surface area (Å²) in [5, 5.41) is 0. The highest BCUT2D eigenvalue weighted by Crippen LogP contribution is 2.38. The standard InChI is InChI=1S/C8H17N3/c1-8(2)4-3-6(5-8)11-7(9)10/h6H,3-5H2,1-2H3,(H4,9,10,11). The first-order valence-corrected chi connectivity index (χ1v) is 4.08. The van der Waals surface area contributed by atoms with Crippen molar-refractivity contribution in [2.24, 2.45) is 21.9 Å². The molecule has 0 spiro atoms. The Morgan fingerprint density at radius 3 is 2.45 bits per heavy atom. The van der Waals surface area contributed by atoms with Crippen molar-refractivity contribution < 1.29 is 0 Å². The first kappa shape index (κ1) is 8.37. The average molecular weight is 155 g/mol. The van der Waals surface area contributed by atoms with E-state index in [-0.39, 0.29) is 5.96 Å². The van der Waals surface area contributed by atoms with Crippen molar-refractivity contribution in [3.63, 3.8) is 0 Å². The lowest BCUT2D eigenvalue weighted by atomic mass is 9.92. The SMILES string of the molecule is CC1(C)CCC(N=C(N)N)C1. The van der Waals surface area contributed by atoms with E-state index in [4.69, 9.17) is 11.5 Å². The van der Waals surface area contributed by atoms with Gasteiger partial charge in [-0.2, -0.15) is 0 Å². The molecule has 0 aromatic heterocycles. The van der Waals surface area contributed by atoms with E-state index in [9.17, 15) is 0 Å². The van der Waals surface area contributed by atoms with Gasteiger partial charge in [0, 0.05) is 0 Å². The lowest BCUT2D eigenvalue weighted by Crippen LogP contribution is -2.25. The van der Waals surface area contributed by atoms with E-state index >= 15 is 0 Å². The van der Waals surface area contributed by atoms with Crippen molar-refractivity contribution >= 4 is 5.96 Å². The Kier molecular flexibility index (Phi) is 2.07. The minimum Gasteiger partial charge on any atom is -0.370 e. The molecular weight excluding hydrogens is 138 g/mol. The molecule has 0 saturated heterocycles. The summed E-state index contributed by atoms with van der Waals surface area (Å²) in [6, 6.07) is 0.370. The van der Waals surface area contributed by atoms with Gasteiger partial charge in [0.1, 0.15) is 0 Å². The van der Waals surface area contributed by atoms with Gasteiger partial charge in [0.05, 0.1) is 6.04 Å². The largest absolute Gasteiger partial charge is 0.370 e. The molecule has 1 unspecified atom stereocenters. The molecular formula is C8H17N3. The third-order valence-corrected chi connectivity index (χ3v) is 2.27. The topological polar surface area (TPSA) is 64.4 Å². The van der Waals surface area contributed by atoms with Gasteiger partial charge in [-0.15, -0.1) is 0 Å². The van der Waals surface area contributed by atoms with Crippen LogP contribution in [0.15, 0.2) is 4.99 Å². The summed E-state index contributed by atoms with van der Waals surface area (Å²) in [4.78, 5) is 4.14. The smallest absolute Gasteiger partial charge is 0.186 e. The third kappa shape index (κ3) is 2.41. The predicted molar refractivity (Wildman–Crippen MR) is 47.2 cm³/mol. The Morgan fingerprint density at radius 2 is 2.09 bits per heavy atom. The first-order valence-electron chi connectivity index (χ1n) is 4.08. The fraction of sp³-hybridized carbons (Fsp3) is 0.875. The van der Waals surface area contributed by atoms with Crippen LogP contribution in [0.3, 0.4) is 0 Å². The van der Waals surface area contributed by atoms with Crippen LogP contribution in [0.5, 0.6) is 0 Å². The molecule has 0 amide bonds. The second-order valence-corrected chi connectivity index (χ2v) is 4.11. The van der Waals surface area contributed by atoms with Gasteiger partial charge < -0.3 is 11.5 Å². The average Bonchev–Trinajstić information content (AvgIpc) is 2.08. The van der Waals surface area contributed by atoms with Crippen LogP contribution < -0.4 is 11.5 Å². The van der Waals surface area contributed by atoms with Crippen molar-refractivity contribution in [2.75, 3.05) is 0 Å². The van der Waals surface area contributed by atoms with Crippen molar-refractivity contribution in [3.8, 4) is 0 Å². The van der Waals surface area contributed by atoms with Crippen molar-refractivity contribution in [1.29, 1.82) is 0 Å². The second-order valence-electron chi connectivity index (χ2n) is 4.11. The molecule has 1 saturated carbocycles. The monoisotopic (exact) mass is 155 g/mol. The fourth-order valence-electron chi connectivity index (χ4n) is 1.72. The Bertz CT molecular complexity index is 168. The number of nitrogens with two attached hydrogens (primary N) is 2. The molecule has 1 aliphatic rings. The molecule has 64 valence electrons. The van der Waals surface area contributed by atoms with Crippen LogP contribution >= 0.6 is 0 Å².